The summed E-state index contributed by atoms with van der Waals surface area (Å²) in [6.07, 6.45) is 0. The van der Waals surface area contributed by atoms with Crippen LogP contribution >= 0.6 is 0 Å². The predicted molar refractivity (Wildman–Crippen MR) is 54.9 cm³/mol. The Morgan fingerprint density at radius 1 is 1.00 bits per heavy atom. The van der Waals surface area contributed by atoms with Crippen molar-refractivity contribution in [2.45, 2.75) is 0 Å². The summed E-state index contributed by atoms with van der Waals surface area (Å²) in [5, 5.41) is 0. The Bertz CT molecular complexity index is 331. The van der Waals surface area contributed by atoms with Gasteiger partial charge in [0.15, 0.2) is 0 Å². The summed E-state index contributed by atoms with van der Waals surface area (Å²) in [6, 6.07) is 6.16. The zero-order chi connectivity index (χ0) is 10.6. The van der Waals surface area contributed by atoms with Crippen LogP contribution in [0.1, 0.15) is 20.7 Å². The van der Waals surface area contributed by atoms with Crippen molar-refractivity contribution < 1.29 is 19.1 Å². The van der Waals surface area contributed by atoms with E-state index < -0.39 is 11.9 Å². The molecule has 0 atom stereocenters. The van der Waals surface area contributed by atoms with Crippen molar-refractivity contribution in [3.8, 4) is 0 Å². The van der Waals surface area contributed by atoms with Crippen molar-refractivity contribution in [2.24, 2.45) is 0 Å². The van der Waals surface area contributed by atoms with E-state index in [1.165, 1.54) is 20.3 Å². The molecule has 0 saturated carbocycles. The number of carbonyl (C=O) groups excluding carboxylic acids is 2. The number of benzene rings is 1. The van der Waals surface area contributed by atoms with E-state index in [4.69, 9.17) is 0 Å². The first kappa shape index (κ1) is 13.8. The van der Waals surface area contributed by atoms with E-state index in [0.29, 0.717) is 11.1 Å². The Hall–Kier alpha value is -1.24. The van der Waals surface area contributed by atoms with Crippen molar-refractivity contribution in [3.63, 3.8) is 0 Å². The Labute approximate surface area is 99.7 Å². The number of hydrogen-bond acceptors (Lipinski definition) is 4. The van der Waals surface area contributed by atoms with Crippen LogP contribution in [-0.4, -0.2) is 45.0 Å². The molecule has 0 spiro atoms. The standard InChI is InChI=1S/C10H10O4.Li/c1-13-9(11)7-4-3-5-8(6-7)10(12)14-2;/h3-6H,1-2H3;. The quantitative estimate of drug-likeness (QED) is 0.526. The number of ether oxygens (including phenoxy) is 2. The molecule has 0 unspecified atom stereocenters. The average molecular weight is 201 g/mol. The molecule has 0 aliphatic heterocycles. The van der Waals surface area contributed by atoms with Gasteiger partial charge >= 0.3 is 11.9 Å². The first-order valence-corrected chi connectivity index (χ1v) is 3.95. The molecular weight excluding hydrogens is 191 g/mol. The van der Waals surface area contributed by atoms with Gasteiger partial charge in [0.25, 0.3) is 0 Å². The van der Waals surface area contributed by atoms with Gasteiger partial charge < -0.3 is 9.47 Å². The fourth-order valence-electron chi connectivity index (χ4n) is 1.01. The molecule has 5 heteroatoms. The van der Waals surface area contributed by atoms with E-state index in [1.54, 1.807) is 18.2 Å². The van der Waals surface area contributed by atoms with Gasteiger partial charge in [-0.15, -0.1) is 0 Å². The summed E-state index contributed by atoms with van der Waals surface area (Å²) in [4.78, 5) is 22.2. The van der Waals surface area contributed by atoms with E-state index in [9.17, 15) is 9.59 Å². The zero-order valence-corrected chi connectivity index (χ0v) is 8.94. The second-order valence-electron chi connectivity index (χ2n) is 2.56. The molecule has 0 bridgehead atoms. The van der Waals surface area contributed by atoms with Gasteiger partial charge in [0, 0.05) is 18.9 Å². The van der Waals surface area contributed by atoms with Crippen LogP contribution in [0.5, 0.6) is 0 Å². The molecule has 0 fully saturated rings. The van der Waals surface area contributed by atoms with Gasteiger partial charge in [-0.2, -0.15) is 0 Å². The van der Waals surface area contributed by atoms with Gasteiger partial charge in [0.1, 0.15) is 0 Å². The van der Waals surface area contributed by atoms with Crippen LogP contribution in [0, 0.1) is 0 Å². The third kappa shape index (κ3) is 3.43. The molecule has 75 valence electrons. The van der Waals surface area contributed by atoms with Crippen molar-refractivity contribution in [3.05, 3.63) is 35.4 Å². The minimum Gasteiger partial charge on any atom is -0.465 e. The SMILES string of the molecule is COC(=O)c1cccc(C(=O)OC)c1.[Li]. The average Bonchev–Trinajstić information content (AvgIpc) is 2.27. The van der Waals surface area contributed by atoms with Crippen LogP contribution in [-0.2, 0) is 9.47 Å². The molecule has 0 saturated heterocycles. The Balaban J connectivity index is 0.00000196. The molecule has 1 aromatic rings. The Morgan fingerprint density at radius 2 is 1.40 bits per heavy atom. The van der Waals surface area contributed by atoms with Gasteiger partial charge in [-0.25, -0.2) is 9.59 Å². The molecule has 0 aliphatic carbocycles. The van der Waals surface area contributed by atoms with Crippen molar-refractivity contribution in [2.75, 3.05) is 14.2 Å². The Morgan fingerprint density at radius 3 is 1.73 bits per heavy atom. The summed E-state index contributed by atoms with van der Waals surface area (Å²) in [7, 11) is 2.57. The van der Waals surface area contributed by atoms with E-state index in [0.717, 1.165) is 0 Å². The van der Waals surface area contributed by atoms with Crippen LogP contribution in [0.25, 0.3) is 0 Å². The molecule has 1 aromatic carbocycles. The van der Waals surface area contributed by atoms with Gasteiger partial charge in [-0.05, 0) is 18.2 Å². The van der Waals surface area contributed by atoms with Gasteiger partial charge in [-0.3, -0.25) is 0 Å². The van der Waals surface area contributed by atoms with Gasteiger partial charge in [-0.1, -0.05) is 6.07 Å². The van der Waals surface area contributed by atoms with Gasteiger partial charge in [0.05, 0.1) is 25.3 Å². The van der Waals surface area contributed by atoms with E-state index >= 15 is 0 Å². The maximum Gasteiger partial charge on any atom is 0.337 e. The summed E-state index contributed by atoms with van der Waals surface area (Å²) in [5.41, 5.74) is 0.658. The third-order valence-electron chi connectivity index (χ3n) is 1.70. The van der Waals surface area contributed by atoms with Crippen LogP contribution < -0.4 is 0 Å². The molecule has 0 N–H and O–H groups in total. The van der Waals surface area contributed by atoms with E-state index in [2.05, 4.69) is 9.47 Å². The Kier molecular flexibility index (Phi) is 5.76. The first-order valence-electron chi connectivity index (χ1n) is 3.95. The number of methoxy groups -OCH3 is 2. The normalized spacial score (nSPS) is 8.67. The van der Waals surface area contributed by atoms with Crippen molar-refractivity contribution >= 4 is 30.8 Å². The molecule has 0 heterocycles. The zero-order valence-electron chi connectivity index (χ0n) is 8.94. The second kappa shape index (κ2) is 6.28. The predicted octanol–water partition coefficient (Wildman–Crippen LogP) is 0.879. The molecule has 1 radical (unpaired) electrons. The molecule has 1 rings (SSSR count). The van der Waals surface area contributed by atoms with Crippen LogP contribution in [0.4, 0.5) is 0 Å². The largest absolute Gasteiger partial charge is 0.465 e. The molecule has 4 nitrogen and oxygen atoms in total. The van der Waals surface area contributed by atoms with Crippen LogP contribution in [0.2, 0.25) is 0 Å². The van der Waals surface area contributed by atoms with Crippen molar-refractivity contribution in [1.29, 1.82) is 0 Å². The molecule has 0 aromatic heterocycles. The summed E-state index contributed by atoms with van der Waals surface area (Å²) < 4.78 is 9.03. The second-order valence-corrected chi connectivity index (χ2v) is 2.56. The summed E-state index contributed by atoms with van der Waals surface area (Å²) in [6.45, 7) is 0. The molecular formula is C10H10LiO4. The number of carbonyl (C=O) groups is 2. The molecule has 0 amide bonds. The minimum absolute atomic E-state index is 0. The first-order chi connectivity index (χ1) is 6.69. The molecule has 15 heavy (non-hydrogen) atoms. The third-order valence-corrected chi connectivity index (χ3v) is 1.70. The monoisotopic (exact) mass is 201 g/mol. The fourth-order valence-corrected chi connectivity index (χ4v) is 1.01. The van der Waals surface area contributed by atoms with E-state index in [1.807, 2.05) is 0 Å². The minimum atomic E-state index is -0.476. The van der Waals surface area contributed by atoms with Crippen molar-refractivity contribution in [1.82, 2.24) is 0 Å². The fraction of sp³-hybridized carbons (Fsp3) is 0.200. The summed E-state index contributed by atoms with van der Waals surface area (Å²) >= 11 is 0. The number of hydrogen-bond donors (Lipinski definition) is 0. The molecule has 0 aliphatic rings. The van der Waals surface area contributed by atoms with E-state index in [-0.39, 0.29) is 18.9 Å². The van der Waals surface area contributed by atoms with Crippen LogP contribution in [0.15, 0.2) is 24.3 Å². The summed E-state index contributed by atoms with van der Waals surface area (Å²) in [5.74, 6) is -0.952. The number of esters is 2. The smallest absolute Gasteiger partial charge is 0.337 e. The maximum atomic E-state index is 11.1. The topological polar surface area (TPSA) is 52.6 Å². The maximum absolute atomic E-state index is 11.1. The van der Waals surface area contributed by atoms with Crippen LogP contribution in [0.3, 0.4) is 0 Å². The number of rotatable bonds is 2. The van der Waals surface area contributed by atoms with Gasteiger partial charge in [0.2, 0.25) is 0 Å².